The van der Waals surface area contributed by atoms with E-state index in [0.717, 1.165) is 44.8 Å². The Kier molecular flexibility index (Phi) is 4.87. The zero-order valence-electron chi connectivity index (χ0n) is 11.5. The van der Waals surface area contributed by atoms with Crippen molar-refractivity contribution >= 4 is 5.91 Å². The van der Waals surface area contributed by atoms with Crippen LogP contribution in [-0.2, 0) is 4.79 Å². The predicted octanol–water partition coefficient (Wildman–Crippen LogP) is 0.288. The van der Waals surface area contributed by atoms with E-state index in [0.29, 0.717) is 0 Å². The SMILES string of the molecule is CN1CCN(CCC(C(N)=O)c2ccccn2)CC1. The van der Waals surface area contributed by atoms with Gasteiger partial charge in [0, 0.05) is 32.4 Å². The molecule has 1 fully saturated rings. The highest BCUT2D eigenvalue weighted by Crippen LogP contribution is 2.17. The fourth-order valence-corrected chi connectivity index (χ4v) is 2.40. The lowest BCUT2D eigenvalue weighted by molar-refractivity contribution is -0.119. The lowest BCUT2D eigenvalue weighted by Gasteiger charge is -2.32. The van der Waals surface area contributed by atoms with Crippen molar-refractivity contribution in [2.24, 2.45) is 5.73 Å². The number of pyridine rings is 1. The van der Waals surface area contributed by atoms with Gasteiger partial charge in [0.15, 0.2) is 0 Å². The van der Waals surface area contributed by atoms with Crippen LogP contribution < -0.4 is 5.73 Å². The topological polar surface area (TPSA) is 62.5 Å². The third-order valence-corrected chi connectivity index (χ3v) is 3.72. The number of hydrogen-bond donors (Lipinski definition) is 1. The molecule has 104 valence electrons. The number of hydrogen-bond acceptors (Lipinski definition) is 4. The summed E-state index contributed by atoms with van der Waals surface area (Å²) in [7, 11) is 2.14. The van der Waals surface area contributed by atoms with Crippen molar-refractivity contribution in [2.75, 3.05) is 39.8 Å². The largest absolute Gasteiger partial charge is 0.369 e. The fourth-order valence-electron chi connectivity index (χ4n) is 2.40. The molecular formula is C14H22N4O. The molecule has 0 aliphatic carbocycles. The van der Waals surface area contributed by atoms with E-state index >= 15 is 0 Å². The van der Waals surface area contributed by atoms with Gasteiger partial charge in [-0.15, -0.1) is 0 Å². The summed E-state index contributed by atoms with van der Waals surface area (Å²) in [4.78, 5) is 20.5. The zero-order valence-corrected chi connectivity index (χ0v) is 11.5. The lowest BCUT2D eigenvalue weighted by atomic mass is 9.99. The highest BCUT2D eigenvalue weighted by atomic mass is 16.1. The van der Waals surface area contributed by atoms with Crippen LogP contribution in [0.4, 0.5) is 0 Å². The van der Waals surface area contributed by atoms with E-state index in [-0.39, 0.29) is 11.8 Å². The predicted molar refractivity (Wildman–Crippen MR) is 74.7 cm³/mol. The van der Waals surface area contributed by atoms with Crippen LogP contribution in [0.3, 0.4) is 0 Å². The number of aromatic nitrogens is 1. The number of rotatable bonds is 5. The summed E-state index contributed by atoms with van der Waals surface area (Å²) in [6.07, 6.45) is 2.46. The molecule has 0 spiro atoms. The minimum atomic E-state index is -0.284. The van der Waals surface area contributed by atoms with E-state index in [1.807, 2.05) is 18.2 Å². The van der Waals surface area contributed by atoms with Crippen LogP contribution in [0.2, 0.25) is 0 Å². The second-order valence-electron chi connectivity index (χ2n) is 5.14. The van der Waals surface area contributed by atoms with E-state index in [1.165, 1.54) is 0 Å². The Bertz CT molecular complexity index is 401. The van der Waals surface area contributed by atoms with E-state index in [2.05, 4.69) is 21.8 Å². The van der Waals surface area contributed by atoms with Gasteiger partial charge in [-0.25, -0.2) is 0 Å². The maximum atomic E-state index is 11.6. The molecule has 0 saturated carbocycles. The van der Waals surface area contributed by atoms with Crippen molar-refractivity contribution < 1.29 is 4.79 Å². The molecule has 1 amide bonds. The Labute approximate surface area is 114 Å². The second kappa shape index (κ2) is 6.63. The van der Waals surface area contributed by atoms with Crippen LogP contribution in [0.15, 0.2) is 24.4 Å². The maximum Gasteiger partial charge on any atom is 0.226 e. The number of primary amides is 1. The third kappa shape index (κ3) is 4.01. The lowest BCUT2D eigenvalue weighted by Crippen LogP contribution is -2.45. The molecule has 1 unspecified atom stereocenters. The molecule has 0 radical (unpaired) electrons. The van der Waals surface area contributed by atoms with Crippen LogP contribution in [-0.4, -0.2) is 60.5 Å². The number of carbonyl (C=O) groups is 1. The molecule has 2 heterocycles. The molecule has 5 heteroatoms. The van der Waals surface area contributed by atoms with Gasteiger partial charge >= 0.3 is 0 Å². The van der Waals surface area contributed by atoms with Crippen LogP contribution in [0.1, 0.15) is 18.0 Å². The first-order valence-corrected chi connectivity index (χ1v) is 6.78. The summed E-state index contributed by atoms with van der Waals surface area (Å²) < 4.78 is 0. The molecular weight excluding hydrogens is 240 g/mol. The minimum Gasteiger partial charge on any atom is -0.369 e. The molecule has 1 saturated heterocycles. The van der Waals surface area contributed by atoms with Gasteiger partial charge in [0.25, 0.3) is 0 Å². The average molecular weight is 262 g/mol. The number of carbonyl (C=O) groups excluding carboxylic acids is 1. The average Bonchev–Trinajstić information content (AvgIpc) is 2.42. The van der Waals surface area contributed by atoms with E-state index in [1.54, 1.807) is 6.20 Å². The summed E-state index contributed by atoms with van der Waals surface area (Å²) in [6, 6.07) is 5.62. The van der Waals surface area contributed by atoms with Crippen molar-refractivity contribution in [1.29, 1.82) is 0 Å². The molecule has 1 atom stereocenters. The number of amides is 1. The van der Waals surface area contributed by atoms with Crippen molar-refractivity contribution in [3.63, 3.8) is 0 Å². The monoisotopic (exact) mass is 262 g/mol. The Morgan fingerprint density at radius 2 is 2.11 bits per heavy atom. The minimum absolute atomic E-state index is 0.277. The summed E-state index contributed by atoms with van der Waals surface area (Å²) in [5, 5.41) is 0. The van der Waals surface area contributed by atoms with Crippen molar-refractivity contribution in [3.8, 4) is 0 Å². The van der Waals surface area contributed by atoms with Gasteiger partial charge in [-0.05, 0) is 32.1 Å². The fraction of sp³-hybridized carbons (Fsp3) is 0.571. The third-order valence-electron chi connectivity index (χ3n) is 3.72. The van der Waals surface area contributed by atoms with Crippen LogP contribution in [0.25, 0.3) is 0 Å². The van der Waals surface area contributed by atoms with E-state index < -0.39 is 0 Å². The van der Waals surface area contributed by atoms with E-state index in [4.69, 9.17) is 5.73 Å². The summed E-state index contributed by atoms with van der Waals surface area (Å²) in [5.74, 6) is -0.561. The second-order valence-corrected chi connectivity index (χ2v) is 5.14. The first kappa shape index (κ1) is 14.0. The van der Waals surface area contributed by atoms with Crippen LogP contribution >= 0.6 is 0 Å². The molecule has 5 nitrogen and oxygen atoms in total. The number of nitrogens with two attached hydrogens (primary N) is 1. The molecule has 0 aromatic carbocycles. The molecule has 2 rings (SSSR count). The molecule has 1 aliphatic heterocycles. The summed E-state index contributed by atoms with van der Waals surface area (Å²) in [5.41, 5.74) is 6.28. The Morgan fingerprint density at radius 3 is 2.68 bits per heavy atom. The Balaban J connectivity index is 1.90. The summed E-state index contributed by atoms with van der Waals surface area (Å²) in [6.45, 7) is 5.20. The van der Waals surface area contributed by atoms with Crippen molar-refractivity contribution in [2.45, 2.75) is 12.3 Å². The van der Waals surface area contributed by atoms with Gasteiger partial charge in [-0.3, -0.25) is 9.78 Å². The number of piperazine rings is 1. The first-order valence-electron chi connectivity index (χ1n) is 6.78. The standard InChI is InChI=1S/C14H22N4O/c1-17-8-10-18(11-9-17)7-5-12(14(15)19)13-4-2-3-6-16-13/h2-4,6,12H,5,7-11H2,1H3,(H2,15,19). The van der Waals surface area contributed by atoms with Crippen LogP contribution in [0.5, 0.6) is 0 Å². The molecule has 0 bridgehead atoms. The maximum absolute atomic E-state index is 11.6. The van der Waals surface area contributed by atoms with Crippen molar-refractivity contribution in [1.82, 2.24) is 14.8 Å². The molecule has 1 aromatic rings. The van der Waals surface area contributed by atoms with Crippen molar-refractivity contribution in [3.05, 3.63) is 30.1 Å². The Morgan fingerprint density at radius 1 is 1.37 bits per heavy atom. The molecule has 19 heavy (non-hydrogen) atoms. The quantitative estimate of drug-likeness (QED) is 0.828. The van der Waals surface area contributed by atoms with Gasteiger partial charge in [-0.2, -0.15) is 0 Å². The highest BCUT2D eigenvalue weighted by molar-refractivity contribution is 5.81. The van der Waals surface area contributed by atoms with Gasteiger partial charge in [0.05, 0.1) is 11.6 Å². The molecule has 1 aromatic heterocycles. The van der Waals surface area contributed by atoms with Gasteiger partial charge in [-0.1, -0.05) is 6.07 Å². The first-order chi connectivity index (χ1) is 9.16. The Hall–Kier alpha value is -1.46. The zero-order chi connectivity index (χ0) is 13.7. The normalized spacial score (nSPS) is 19.2. The number of nitrogens with zero attached hydrogens (tertiary/aromatic N) is 3. The molecule has 2 N–H and O–H groups in total. The summed E-state index contributed by atoms with van der Waals surface area (Å²) >= 11 is 0. The highest BCUT2D eigenvalue weighted by Gasteiger charge is 2.21. The van der Waals surface area contributed by atoms with Gasteiger partial charge in [0.1, 0.15) is 0 Å². The number of likely N-dealkylation sites (N-methyl/N-ethyl adjacent to an activating group) is 1. The van der Waals surface area contributed by atoms with Crippen LogP contribution in [0, 0.1) is 0 Å². The van der Waals surface area contributed by atoms with Gasteiger partial charge in [0.2, 0.25) is 5.91 Å². The smallest absolute Gasteiger partial charge is 0.226 e. The molecule has 1 aliphatic rings. The van der Waals surface area contributed by atoms with Gasteiger partial charge < -0.3 is 15.5 Å². The van der Waals surface area contributed by atoms with E-state index in [9.17, 15) is 4.79 Å².